The first kappa shape index (κ1) is 18.6. The van der Waals surface area contributed by atoms with E-state index in [9.17, 15) is 9.59 Å². The highest BCUT2D eigenvalue weighted by molar-refractivity contribution is 7.17. The van der Waals surface area contributed by atoms with Crippen LogP contribution in [0.3, 0.4) is 0 Å². The van der Waals surface area contributed by atoms with Gasteiger partial charge in [0.15, 0.2) is 0 Å². The van der Waals surface area contributed by atoms with Crippen LogP contribution in [-0.4, -0.2) is 29.1 Å². The third-order valence-electron chi connectivity index (χ3n) is 3.99. The first-order chi connectivity index (χ1) is 13.0. The van der Waals surface area contributed by atoms with Gasteiger partial charge in [-0.3, -0.25) is 4.79 Å². The molecule has 0 atom stereocenters. The number of thiazole rings is 1. The third-order valence-corrected chi connectivity index (χ3v) is 5.20. The van der Waals surface area contributed by atoms with Gasteiger partial charge in [-0.15, -0.1) is 11.3 Å². The Kier molecular flexibility index (Phi) is 5.52. The largest absolute Gasteiger partial charge is 0.497 e. The van der Waals surface area contributed by atoms with Crippen molar-refractivity contribution in [2.24, 2.45) is 0 Å². The van der Waals surface area contributed by atoms with Crippen molar-refractivity contribution >= 4 is 23.2 Å². The van der Waals surface area contributed by atoms with Crippen LogP contribution in [0.25, 0.3) is 10.6 Å². The molecule has 6 nitrogen and oxygen atoms in total. The predicted molar refractivity (Wildman–Crippen MR) is 103 cm³/mol. The fraction of sp³-hybridized carbons (Fsp3) is 0.150. The van der Waals surface area contributed by atoms with Crippen molar-refractivity contribution in [1.29, 1.82) is 0 Å². The van der Waals surface area contributed by atoms with E-state index in [1.54, 1.807) is 26.2 Å². The Morgan fingerprint density at radius 3 is 2.37 bits per heavy atom. The summed E-state index contributed by atoms with van der Waals surface area (Å²) in [6, 6.07) is 13.9. The minimum atomic E-state index is -0.975. The van der Waals surface area contributed by atoms with E-state index in [4.69, 9.17) is 9.84 Å². The van der Waals surface area contributed by atoms with Crippen LogP contribution in [0.15, 0.2) is 48.5 Å². The zero-order valence-electron chi connectivity index (χ0n) is 14.9. The van der Waals surface area contributed by atoms with E-state index in [-0.39, 0.29) is 11.5 Å². The summed E-state index contributed by atoms with van der Waals surface area (Å²) >= 11 is 1.33. The Hall–Kier alpha value is -3.19. The number of carboxylic acids is 1. The second-order valence-electron chi connectivity index (χ2n) is 5.85. The lowest BCUT2D eigenvalue weighted by Crippen LogP contribution is -2.22. The average molecular weight is 382 g/mol. The van der Waals surface area contributed by atoms with Crippen LogP contribution in [0.2, 0.25) is 0 Å². The number of carbonyl (C=O) groups is 2. The fourth-order valence-corrected chi connectivity index (χ4v) is 3.48. The van der Waals surface area contributed by atoms with Gasteiger partial charge in [-0.1, -0.05) is 12.1 Å². The molecule has 2 N–H and O–H groups in total. The Morgan fingerprint density at radius 1 is 1.11 bits per heavy atom. The van der Waals surface area contributed by atoms with Crippen LogP contribution in [0.5, 0.6) is 5.75 Å². The van der Waals surface area contributed by atoms with E-state index < -0.39 is 5.97 Å². The number of hydrogen-bond donors (Lipinski definition) is 2. The molecule has 0 spiro atoms. The lowest BCUT2D eigenvalue weighted by atomic mass is 10.1. The molecule has 0 fully saturated rings. The SMILES string of the molecule is COc1ccc(-c2nc(C)c(C(=O)NCc3ccc(C(=O)O)cc3)s2)cc1. The zero-order chi connectivity index (χ0) is 19.4. The molecule has 3 aromatic rings. The van der Waals surface area contributed by atoms with Crippen molar-refractivity contribution < 1.29 is 19.4 Å². The van der Waals surface area contributed by atoms with Crippen molar-refractivity contribution in [2.45, 2.75) is 13.5 Å². The normalized spacial score (nSPS) is 10.4. The minimum Gasteiger partial charge on any atom is -0.497 e. The molecule has 0 aliphatic carbocycles. The summed E-state index contributed by atoms with van der Waals surface area (Å²) in [6.07, 6.45) is 0. The maximum Gasteiger partial charge on any atom is 0.335 e. The Bertz CT molecular complexity index is 963. The van der Waals surface area contributed by atoms with Gasteiger partial charge in [-0.05, 0) is 48.9 Å². The van der Waals surface area contributed by atoms with Crippen molar-refractivity contribution in [3.63, 3.8) is 0 Å². The molecule has 0 saturated heterocycles. The molecule has 1 aromatic heterocycles. The highest BCUT2D eigenvalue weighted by Gasteiger charge is 2.16. The first-order valence-electron chi connectivity index (χ1n) is 8.20. The van der Waals surface area contributed by atoms with Crippen LogP contribution < -0.4 is 10.1 Å². The molecule has 0 aliphatic rings. The number of hydrogen-bond acceptors (Lipinski definition) is 5. The molecular weight excluding hydrogens is 364 g/mol. The van der Waals surface area contributed by atoms with E-state index in [0.717, 1.165) is 21.9 Å². The molecule has 1 amide bonds. The maximum absolute atomic E-state index is 12.5. The summed E-state index contributed by atoms with van der Waals surface area (Å²) in [4.78, 5) is 28.4. The smallest absolute Gasteiger partial charge is 0.335 e. The summed E-state index contributed by atoms with van der Waals surface area (Å²) in [7, 11) is 1.61. The number of carbonyl (C=O) groups excluding carboxylic acids is 1. The monoisotopic (exact) mass is 382 g/mol. The van der Waals surface area contributed by atoms with E-state index in [1.807, 2.05) is 24.3 Å². The lowest BCUT2D eigenvalue weighted by Gasteiger charge is -2.05. The molecule has 2 aromatic carbocycles. The maximum atomic E-state index is 12.5. The molecular formula is C20H18N2O4S. The number of aromatic nitrogens is 1. The molecule has 0 unspecified atom stereocenters. The van der Waals surface area contributed by atoms with E-state index in [1.165, 1.54) is 23.5 Å². The third kappa shape index (κ3) is 4.32. The van der Waals surface area contributed by atoms with Gasteiger partial charge >= 0.3 is 5.97 Å². The molecule has 7 heteroatoms. The summed E-state index contributed by atoms with van der Waals surface area (Å²) < 4.78 is 5.15. The van der Waals surface area contributed by atoms with Gasteiger partial charge in [0.2, 0.25) is 0 Å². The molecule has 3 rings (SSSR count). The number of rotatable bonds is 6. The number of carboxylic acid groups (broad SMARTS) is 1. The quantitative estimate of drug-likeness (QED) is 0.678. The van der Waals surface area contributed by atoms with Crippen LogP contribution in [0, 0.1) is 6.92 Å². The van der Waals surface area contributed by atoms with Crippen molar-refractivity contribution in [1.82, 2.24) is 10.3 Å². The number of methoxy groups -OCH3 is 1. The topological polar surface area (TPSA) is 88.5 Å². The van der Waals surface area contributed by atoms with Crippen molar-refractivity contribution in [3.05, 3.63) is 70.2 Å². The molecule has 0 bridgehead atoms. The number of amides is 1. The van der Waals surface area contributed by atoms with E-state index in [2.05, 4.69) is 10.3 Å². The van der Waals surface area contributed by atoms with E-state index in [0.29, 0.717) is 17.1 Å². The first-order valence-corrected chi connectivity index (χ1v) is 9.02. The zero-order valence-corrected chi connectivity index (χ0v) is 15.7. The van der Waals surface area contributed by atoms with Crippen LogP contribution in [0.1, 0.15) is 31.3 Å². The van der Waals surface area contributed by atoms with Gasteiger partial charge in [-0.25, -0.2) is 9.78 Å². The van der Waals surface area contributed by atoms with Gasteiger partial charge in [0.05, 0.1) is 18.4 Å². The number of nitrogens with zero attached hydrogens (tertiary/aromatic N) is 1. The summed E-state index contributed by atoms with van der Waals surface area (Å²) in [6.45, 7) is 2.12. The van der Waals surface area contributed by atoms with Crippen molar-refractivity contribution in [3.8, 4) is 16.3 Å². The molecule has 0 radical (unpaired) electrons. The summed E-state index contributed by atoms with van der Waals surface area (Å²) in [5.74, 6) is -0.414. The van der Waals surface area contributed by atoms with Gasteiger partial charge in [0.1, 0.15) is 15.6 Å². The second-order valence-corrected chi connectivity index (χ2v) is 6.85. The number of nitrogens with one attached hydrogen (secondary N) is 1. The molecule has 27 heavy (non-hydrogen) atoms. The Morgan fingerprint density at radius 2 is 1.78 bits per heavy atom. The molecule has 0 saturated carbocycles. The molecule has 138 valence electrons. The van der Waals surface area contributed by atoms with Gasteiger partial charge < -0.3 is 15.2 Å². The van der Waals surface area contributed by atoms with Gasteiger partial charge in [-0.2, -0.15) is 0 Å². The standard InChI is InChI=1S/C20H18N2O4S/c1-12-17(27-19(22-12)14-7-9-16(26-2)10-8-14)18(23)21-11-13-3-5-15(6-4-13)20(24)25/h3-10H,11H2,1-2H3,(H,21,23)(H,24,25). The molecule has 1 heterocycles. The fourth-order valence-electron chi connectivity index (χ4n) is 2.49. The predicted octanol–water partition coefficient (Wildman–Crippen LogP) is 3.76. The highest BCUT2D eigenvalue weighted by atomic mass is 32.1. The van der Waals surface area contributed by atoms with Crippen molar-refractivity contribution in [2.75, 3.05) is 7.11 Å². The van der Waals surface area contributed by atoms with Crippen LogP contribution in [0.4, 0.5) is 0 Å². The van der Waals surface area contributed by atoms with Gasteiger partial charge in [0, 0.05) is 12.1 Å². The average Bonchev–Trinajstić information content (AvgIpc) is 3.08. The highest BCUT2D eigenvalue weighted by Crippen LogP contribution is 2.29. The second kappa shape index (κ2) is 8.01. The van der Waals surface area contributed by atoms with Crippen LogP contribution in [-0.2, 0) is 6.54 Å². The number of aryl methyl sites for hydroxylation is 1. The van der Waals surface area contributed by atoms with Crippen LogP contribution >= 0.6 is 11.3 Å². The number of benzene rings is 2. The Labute approximate surface area is 160 Å². The van der Waals surface area contributed by atoms with Gasteiger partial charge in [0.25, 0.3) is 5.91 Å². The lowest BCUT2D eigenvalue weighted by molar-refractivity contribution is 0.0696. The minimum absolute atomic E-state index is 0.202. The molecule has 0 aliphatic heterocycles. The number of ether oxygens (including phenoxy) is 1. The Balaban J connectivity index is 1.69. The summed E-state index contributed by atoms with van der Waals surface area (Å²) in [5.41, 5.74) is 2.63. The summed E-state index contributed by atoms with van der Waals surface area (Å²) in [5, 5.41) is 12.5. The van der Waals surface area contributed by atoms with E-state index >= 15 is 0 Å². The number of aromatic carboxylic acids is 1.